The molecule has 28 heavy (non-hydrogen) atoms. The molecule has 7 heteroatoms. The van der Waals surface area contributed by atoms with Gasteiger partial charge in [0.25, 0.3) is 10.0 Å². The van der Waals surface area contributed by atoms with E-state index in [0.717, 1.165) is 23.6 Å². The molecule has 2 aromatic carbocycles. The normalized spacial score (nSPS) is 23.5. The first-order valence-corrected chi connectivity index (χ1v) is 11.0. The van der Waals surface area contributed by atoms with Crippen molar-refractivity contribution in [2.75, 3.05) is 10.8 Å². The van der Waals surface area contributed by atoms with Gasteiger partial charge in [-0.25, -0.2) is 12.8 Å². The zero-order valence-corrected chi connectivity index (χ0v) is 16.2. The molecule has 0 aromatic heterocycles. The average molecular weight is 402 g/mol. The third kappa shape index (κ3) is 3.63. The fourth-order valence-corrected chi connectivity index (χ4v) is 5.93. The Hall–Kier alpha value is -2.41. The summed E-state index contributed by atoms with van der Waals surface area (Å²) in [5.74, 6) is 0.0441. The van der Waals surface area contributed by atoms with Crippen molar-refractivity contribution in [1.82, 2.24) is 5.32 Å². The van der Waals surface area contributed by atoms with E-state index in [1.54, 1.807) is 24.3 Å². The molecule has 1 N–H and O–H groups in total. The lowest BCUT2D eigenvalue weighted by atomic mass is 9.95. The maximum Gasteiger partial charge on any atom is 0.264 e. The molecule has 2 saturated carbocycles. The first-order valence-electron chi connectivity index (χ1n) is 9.57. The van der Waals surface area contributed by atoms with Crippen LogP contribution < -0.4 is 9.62 Å². The van der Waals surface area contributed by atoms with Crippen LogP contribution in [0.1, 0.15) is 25.7 Å². The fraction of sp³-hybridized carbons (Fsp3) is 0.381. The van der Waals surface area contributed by atoms with Crippen LogP contribution >= 0.6 is 0 Å². The summed E-state index contributed by atoms with van der Waals surface area (Å²) in [4.78, 5) is 12.7. The molecule has 0 saturated heterocycles. The van der Waals surface area contributed by atoms with E-state index in [1.165, 1.54) is 36.8 Å². The summed E-state index contributed by atoms with van der Waals surface area (Å²) in [6.07, 6.45) is 4.39. The fourth-order valence-electron chi connectivity index (χ4n) is 4.48. The molecule has 2 aromatic rings. The quantitative estimate of drug-likeness (QED) is 0.806. The van der Waals surface area contributed by atoms with Gasteiger partial charge in [-0.05, 0) is 55.4 Å². The van der Waals surface area contributed by atoms with Crippen LogP contribution in [0.2, 0.25) is 0 Å². The largest absolute Gasteiger partial charge is 0.352 e. The Labute approximate surface area is 164 Å². The van der Waals surface area contributed by atoms with Gasteiger partial charge < -0.3 is 5.32 Å². The molecular weight excluding hydrogens is 379 g/mol. The minimum Gasteiger partial charge on any atom is -0.352 e. The lowest BCUT2D eigenvalue weighted by molar-refractivity contribution is -0.120. The van der Waals surface area contributed by atoms with Gasteiger partial charge in [-0.3, -0.25) is 9.10 Å². The molecule has 2 fully saturated rings. The van der Waals surface area contributed by atoms with E-state index in [1.807, 2.05) is 0 Å². The Morgan fingerprint density at radius 2 is 1.75 bits per heavy atom. The van der Waals surface area contributed by atoms with Crippen LogP contribution in [-0.2, 0) is 14.8 Å². The summed E-state index contributed by atoms with van der Waals surface area (Å²) >= 11 is 0. The highest BCUT2D eigenvalue weighted by molar-refractivity contribution is 7.92. The van der Waals surface area contributed by atoms with Crippen LogP contribution in [0.3, 0.4) is 0 Å². The summed E-state index contributed by atoms with van der Waals surface area (Å²) in [7, 11) is -4.08. The van der Waals surface area contributed by atoms with Gasteiger partial charge in [0.2, 0.25) is 5.91 Å². The molecule has 2 bridgehead atoms. The van der Waals surface area contributed by atoms with Crippen LogP contribution in [0.15, 0.2) is 59.5 Å². The first-order chi connectivity index (χ1) is 13.4. The zero-order chi connectivity index (χ0) is 19.7. The number of carbonyl (C=O) groups is 1. The highest BCUT2D eigenvalue weighted by atomic mass is 32.2. The van der Waals surface area contributed by atoms with Crippen LogP contribution in [0.25, 0.3) is 0 Å². The Morgan fingerprint density at radius 3 is 2.39 bits per heavy atom. The van der Waals surface area contributed by atoms with Crippen molar-refractivity contribution >= 4 is 21.6 Å². The number of rotatable bonds is 6. The number of nitrogens with one attached hydrogen (secondary N) is 1. The Morgan fingerprint density at radius 1 is 1.04 bits per heavy atom. The molecule has 0 aliphatic heterocycles. The molecule has 0 radical (unpaired) electrons. The second-order valence-electron chi connectivity index (χ2n) is 7.63. The standard InChI is InChI=1S/C21H23FN2O3S/c22-18-8-4-5-9-20(18)24(28(26,27)17-6-2-1-3-7-17)14-21(25)23-19-13-15-10-11-16(19)12-15/h1-9,15-16,19H,10-14H2,(H,23,25)/t15-,16+,19-/m0/s1. The lowest BCUT2D eigenvalue weighted by Crippen LogP contribution is -2.46. The summed E-state index contributed by atoms with van der Waals surface area (Å²) < 4.78 is 41.6. The summed E-state index contributed by atoms with van der Waals surface area (Å²) in [5, 5.41) is 2.99. The van der Waals surface area contributed by atoms with Crippen LogP contribution in [0.4, 0.5) is 10.1 Å². The Kier molecular flexibility index (Phi) is 5.10. The number of hydrogen-bond acceptors (Lipinski definition) is 3. The maximum absolute atomic E-state index is 14.4. The van der Waals surface area contributed by atoms with Crippen molar-refractivity contribution in [1.29, 1.82) is 0 Å². The number of anilines is 1. The molecule has 0 heterocycles. The molecule has 4 rings (SSSR count). The number of para-hydroxylation sites is 1. The van der Waals surface area contributed by atoms with Crippen molar-refractivity contribution in [2.24, 2.45) is 11.8 Å². The average Bonchev–Trinajstić information content (AvgIpc) is 3.30. The molecule has 1 amide bonds. The lowest BCUT2D eigenvalue weighted by Gasteiger charge is -2.27. The van der Waals surface area contributed by atoms with Gasteiger partial charge in [-0.1, -0.05) is 36.8 Å². The van der Waals surface area contributed by atoms with Crippen molar-refractivity contribution in [3.05, 3.63) is 60.4 Å². The SMILES string of the molecule is O=C(CN(c1ccccc1F)S(=O)(=O)c1ccccc1)N[C@H]1C[C@H]2CC[C@@H]1C2. The van der Waals surface area contributed by atoms with E-state index >= 15 is 0 Å². The molecule has 5 nitrogen and oxygen atoms in total. The van der Waals surface area contributed by atoms with Crippen LogP contribution in [0, 0.1) is 17.7 Å². The number of carbonyl (C=O) groups excluding carboxylic acids is 1. The third-order valence-corrected chi connectivity index (χ3v) is 7.60. The highest BCUT2D eigenvalue weighted by Gasteiger charge is 2.40. The Balaban J connectivity index is 1.60. The van der Waals surface area contributed by atoms with Gasteiger partial charge in [0.1, 0.15) is 12.4 Å². The predicted octanol–water partition coefficient (Wildman–Crippen LogP) is 3.33. The summed E-state index contributed by atoms with van der Waals surface area (Å²) in [6.45, 7) is -0.452. The summed E-state index contributed by atoms with van der Waals surface area (Å²) in [6, 6.07) is 13.5. The minimum atomic E-state index is -4.08. The zero-order valence-electron chi connectivity index (χ0n) is 15.4. The van der Waals surface area contributed by atoms with Crippen molar-refractivity contribution in [3.63, 3.8) is 0 Å². The number of sulfonamides is 1. The molecule has 3 atom stereocenters. The van der Waals surface area contributed by atoms with Crippen molar-refractivity contribution in [2.45, 2.75) is 36.6 Å². The second-order valence-corrected chi connectivity index (χ2v) is 9.49. The molecular formula is C21H23FN2O3S. The van der Waals surface area contributed by atoms with Crippen molar-refractivity contribution in [3.8, 4) is 0 Å². The molecule has 148 valence electrons. The molecule has 2 aliphatic carbocycles. The van der Waals surface area contributed by atoms with E-state index in [0.29, 0.717) is 11.8 Å². The number of hydrogen-bond donors (Lipinski definition) is 1. The van der Waals surface area contributed by atoms with Gasteiger partial charge in [-0.15, -0.1) is 0 Å². The topological polar surface area (TPSA) is 66.5 Å². The number of amides is 1. The van der Waals surface area contributed by atoms with E-state index in [2.05, 4.69) is 5.32 Å². The van der Waals surface area contributed by atoms with Gasteiger partial charge in [-0.2, -0.15) is 0 Å². The van der Waals surface area contributed by atoms with E-state index in [4.69, 9.17) is 0 Å². The molecule has 2 aliphatic rings. The van der Waals surface area contributed by atoms with Gasteiger partial charge in [0.15, 0.2) is 0 Å². The van der Waals surface area contributed by atoms with Crippen LogP contribution in [0.5, 0.6) is 0 Å². The number of halogens is 1. The van der Waals surface area contributed by atoms with Crippen molar-refractivity contribution < 1.29 is 17.6 Å². The van der Waals surface area contributed by atoms with E-state index < -0.39 is 28.3 Å². The predicted molar refractivity (Wildman–Crippen MR) is 105 cm³/mol. The van der Waals surface area contributed by atoms with Gasteiger partial charge in [0, 0.05) is 6.04 Å². The van der Waals surface area contributed by atoms with E-state index in [-0.39, 0.29) is 16.6 Å². The minimum absolute atomic E-state index is 0.0194. The van der Waals surface area contributed by atoms with Gasteiger partial charge >= 0.3 is 0 Å². The Bertz CT molecular complexity index is 965. The monoisotopic (exact) mass is 402 g/mol. The first kappa shape index (κ1) is 18.9. The highest BCUT2D eigenvalue weighted by Crippen LogP contribution is 2.44. The number of nitrogens with zero attached hydrogens (tertiary/aromatic N) is 1. The third-order valence-electron chi connectivity index (χ3n) is 5.82. The molecule has 0 unspecified atom stereocenters. The second kappa shape index (κ2) is 7.54. The van der Waals surface area contributed by atoms with Gasteiger partial charge in [0.05, 0.1) is 10.6 Å². The number of fused-ring (bicyclic) bond motifs is 2. The maximum atomic E-state index is 14.4. The number of benzene rings is 2. The molecule has 0 spiro atoms. The van der Waals surface area contributed by atoms with Crippen LogP contribution in [-0.4, -0.2) is 26.9 Å². The smallest absolute Gasteiger partial charge is 0.264 e. The summed E-state index contributed by atoms with van der Waals surface area (Å²) in [5.41, 5.74) is -0.130. The van der Waals surface area contributed by atoms with E-state index in [9.17, 15) is 17.6 Å².